The first-order valence-electron chi connectivity index (χ1n) is 5.55. The highest BCUT2D eigenvalue weighted by atomic mass is 79.9. The van der Waals surface area contributed by atoms with E-state index in [0.717, 1.165) is 23.7 Å². The molecule has 1 aromatic carbocycles. The Kier molecular flexibility index (Phi) is 3.40. The second-order valence-electron chi connectivity index (χ2n) is 4.48. The van der Waals surface area contributed by atoms with Gasteiger partial charge >= 0.3 is 0 Å². The van der Waals surface area contributed by atoms with Crippen molar-refractivity contribution in [1.82, 2.24) is 5.32 Å². The van der Waals surface area contributed by atoms with Crippen LogP contribution in [0.5, 0.6) is 0 Å². The molecule has 1 saturated carbocycles. The number of anilines is 1. The van der Waals surface area contributed by atoms with Gasteiger partial charge in [-0.3, -0.25) is 4.79 Å². The van der Waals surface area contributed by atoms with Gasteiger partial charge in [-0.15, -0.1) is 0 Å². The molecule has 0 saturated heterocycles. The number of carbonyl (C=O) groups excluding carboxylic acids is 1. The zero-order valence-electron chi connectivity index (χ0n) is 9.37. The number of nitrogens with two attached hydrogens (primary N) is 1. The lowest BCUT2D eigenvalue weighted by atomic mass is 9.77. The van der Waals surface area contributed by atoms with Crippen LogP contribution in [0.25, 0.3) is 0 Å². The molecule has 1 aliphatic rings. The summed E-state index contributed by atoms with van der Waals surface area (Å²) in [6.07, 6.45) is 2.69. The molecule has 0 atom stereocenters. The number of amides is 1. The van der Waals surface area contributed by atoms with Crippen LogP contribution in [0.2, 0.25) is 0 Å². The molecule has 1 aromatic rings. The molecule has 1 aliphatic carbocycles. The van der Waals surface area contributed by atoms with Crippen LogP contribution in [0.1, 0.15) is 29.6 Å². The van der Waals surface area contributed by atoms with Crippen LogP contribution in [-0.4, -0.2) is 23.2 Å². The average Bonchev–Trinajstić information content (AvgIpc) is 2.23. The molecular formula is C12H15BrN2O2. The third-order valence-corrected chi connectivity index (χ3v) is 3.74. The van der Waals surface area contributed by atoms with Crippen LogP contribution in [0.4, 0.5) is 5.69 Å². The summed E-state index contributed by atoms with van der Waals surface area (Å²) in [5, 5.41) is 12.2. The molecule has 0 radical (unpaired) electrons. The third-order valence-electron chi connectivity index (χ3n) is 3.25. The fourth-order valence-electron chi connectivity index (χ4n) is 1.97. The highest BCUT2D eigenvalue weighted by molar-refractivity contribution is 9.10. The predicted molar refractivity (Wildman–Crippen MR) is 69.7 cm³/mol. The van der Waals surface area contributed by atoms with E-state index in [1.165, 1.54) is 0 Å². The lowest BCUT2D eigenvalue weighted by Gasteiger charge is -2.41. The minimum Gasteiger partial charge on any atom is -0.398 e. The van der Waals surface area contributed by atoms with E-state index < -0.39 is 5.54 Å². The summed E-state index contributed by atoms with van der Waals surface area (Å²) >= 11 is 3.29. The van der Waals surface area contributed by atoms with Crippen LogP contribution in [0.15, 0.2) is 22.7 Å². The van der Waals surface area contributed by atoms with E-state index in [9.17, 15) is 9.90 Å². The molecule has 0 aliphatic heterocycles. The Morgan fingerprint density at radius 1 is 1.53 bits per heavy atom. The molecule has 1 amide bonds. The highest BCUT2D eigenvalue weighted by Gasteiger charge is 2.38. The van der Waals surface area contributed by atoms with E-state index >= 15 is 0 Å². The van der Waals surface area contributed by atoms with Crippen molar-refractivity contribution in [3.05, 3.63) is 28.2 Å². The Morgan fingerprint density at radius 2 is 2.24 bits per heavy atom. The number of aliphatic hydroxyl groups excluding tert-OH is 1. The molecule has 0 heterocycles. The molecule has 17 heavy (non-hydrogen) atoms. The molecular weight excluding hydrogens is 284 g/mol. The van der Waals surface area contributed by atoms with Gasteiger partial charge in [-0.2, -0.15) is 0 Å². The van der Waals surface area contributed by atoms with Gasteiger partial charge in [0.2, 0.25) is 0 Å². The summed E-state index contributed by atoms with van der Waals surface area (Å²) in [5.41, 5.74) is 6.24. The second kappa shape index (κ2) is 4.66. The summed E-state index contributed by atoms with van der Waals surface area (Å²) in [7, 11) is 0. The molecule has 92 valence electrons. The fourth-order valence-corrected chi connectivity index (χ4v) is 2.35. The maximum atomic E-state index is 12.0. The van der Waals surface area contributed by atoms with Gasteiger partial charge < -0.3 is 16.2 Å². The van der Waals surface area contributed by atoms with E-state index in [0.29, 0.717) is 11.3 Å². The van der Waals surface area contributed by atoms with Crippen LogP contribution < -0.4 is 11.1 Å². The van der Waals surface area contributed by atoms with E-state index in [2.05, 4.69) is 21.2 Å². The molecule has 0 unspecified atom stereocenters. The van der Waals surface area contributed by atoms with E-state index in [1.807, 2.05) is 0 Å². The monoisotopic (exact) mass is 298 g/mol. The number of nitrogens with one attached hydrogen (secondary N) is 1. The largest absolute Gasteiger partial charge is 0.398 e. The normalized spacial score (nSPS) is 17.3. The minimum absolute atomic E-state index is 0.0187. The average molecular weight is 299 g/mol. The van der Waals surface area contributed by atoms with E-state index in [1.54, 1.807) is 18.2 Å². The quantitative estimate of drug-likeness (QED) is 0.743. The van der Waals surface area contributed by atoms with Crippen molar-refractivity contribution in [2.45, 2.75) is 24.8 Å². The molecule has 5 heteroatoms. The number of halogens is 1. The first kappa shape index (κ1) is 12.4. The van der Waals surface area contributed by atoms with Gasteiger partial charge in [-0.25, -0.2) is 0 Å². The summed E-state index contributed by atoms with van der Waals surface area (Å²) in [6.45, 7) is -0.0187. The Morgan fingerprint density at radius 3 is 2.71 bits per heavy atom. The number of carbonyl (C=O) groups is 1. The van der Waals surface area contributed by atoms with Crippen LogP contribution >= 0.6 is 15.9 Å². The molecule has 1 fully saturated rings. The predicted octanol–water partition coefficient (Wildman–Crippen LogP) is 1.68. The molecule has 0 spiro atoms. The zero-order valence-corrected chi connectivity index (χ0v) is 11.0. The lowest BCUT2D eigenvalue weighted by molar-refractivity contribution is 0.0642. The summed E-state index contributed by atoms with van der Waals surface area (Å²) in [4.78, 5) is 12.0. The summed E-state index contributed by atoms with van der Waals surface area (Å²) < 4.78 is 0.840. The van der Waals surface area contributed by atoms with E-state index in [-0.39, 0.29) is 12.5 Å². The number of hydrogen-bond acceptors (Lipinski definition) is 3. The van der Waals surface area contributed by atoms with Gasteiger partial charge in [0.15, 0.2) is 0 Å². The van der Waals surface area contributed by atoms with Crippen molar-refractivity contribution in [2.75, 3.05) is 12.3 Å². The maximum absolute atomic E-state index is 12.0. The van der Waals surface area contributed by atoms with Crippen LogP contribution in [0.3, 0.4) is 0 Å². The first-order valence-corrected chi connectivity index (χ1v) is 6.34. The SMILES string of the molecule is Nc1cc(Br)ccc1C(=O)NC1(CO)CCC1. The van der Waals surface area contributed by atoms with Crippen molar-refractivity contribution in [3.8, 4) is 0 Å². The zero-order chi connectivity index (χ0) is 12.5. The van der Waals surface area contributed by atoms with Crippen LogP contribution in [0, 0.1) is 0 Å². The van der Waals surface area contributed by atoms with Gasteiger partial charge in [0.1, 0.15) is 0 Å². The molecule has 0 bridgehead atoms. The topological polar surface area (TPSA) is 75.4 Å². The Balaban J connectivity index is 2.14. The number of benzene rings is 1. The van der Waals surface area contributed by atoms with Gasteiger partial charge in [-0.05, 0) is 37.5 Å². The Hall–Kier alpha value is -1.07. The smallest absolute Gasteiger partial charge is 0.253 e. The molecule has 0 aromatic heterocycles. The number of aliphatic hydroxyl groups is 1. The highest BCUT2D eigenvalue weighted by Crippen LogP contribution is 2.32. The maximum Gasteiger partial charge on any atom is 0.253 e. The van der Waals surface area contributed by atoms with Gasteiger partial charge in [-0.1, -0.05) is 15.9 Å². The standard InChI is InChI=1S/C12H15BrN2O2/c13-8-2-3-9(10(14)6-8)11(17)15-12(7-16)4-1-5-12/h2-3,6,16H,1,4-5,7,14H2,(H,15,17). The van der Waals surface area contributed by atoms with Gasteiger partial charge in [0, 0.05) is 10.2 Å². The number of rotatable bonds is 3. The summed E-state index contributed by atoms with van der Waals surface area (Å²) in [6, 6.07) is 5.15. The minimum atomic E-state index is -0.434. The molecule has 2 rings (SSSR count). The van der Waals surface area contributed by atoms with Gasteiger partial charge in [0.25, 0.3) is 5.91 Å². The molecule has 4 nitrogen and oxygen atoms in total. The Labute approximate surface area is 108 Å². The van der Waals surface area contributed by atoms with E-state index in [4.69, 9.17) is 5.73 Å². The van der Waals surface area contributed by atoms with Crippen molar-refractivity contribution < 1.29 is 9.90 Å². The molecule has 4 N–H and O–H groups in total. The summed E-state index contributed by atoms with van der Waals surface area (Å²) in [5.74, 6) is -0.219. The lowest BCUT2D eigenvalue weighted by Crippen LogP contribution is -2.56. The van der Waals surface area contributed by atoms with Crippen molar-refractivity contribution in [3.63, 3.8) is 0 Å². The first-order chi connectivity index (χ1) is 8.06. The fraction of sp³-hybridized carbons (Fsp3) is 0.417. The number of nitrogen functional groups attached to an aromatic ring is 1. The second-order valence-corrected chi connectivity index (χ2v) is 5.39. The van der Waals surface area contributed by atoms with Crippen molar-refractivity contribution >= 4 is 27.5 Å². The number of hydrogen-bond donors (Lipinski definition) is 3. The van der Waals surface area contributed by atoms with Crippen molar-refractivity contribution in [2.24, 2.45) is 0 Å². The van der Waals surface area contributed by atoms with Crippen LogP contribution in [-0.2, 0) is 0 Å². The Bertz CT molecular complexity index is 439. The third kappa shape index (κ3) is 2.45. The van der Waals surface area contributed by atoms with Gasteiger partial charge in [0.05, 0.1) is 17.7 Å². The van der Waals surface area contributed by atoms with Crippen molar-refractivity contribution in [1.29, 1.82) is 0 Å².